The predicted octanol–water partition coefficient (Wildman–Crippen LogP) is 5.73. The molecule has 3 aromatic carbocycles. The molecule has 1 amide bonds. The third-order valence-corrected chi connectivity index (χ3v) is 5.04. The van der Waals surface area contributed by atoms with Gasteiger partial charge >= 0.3 is 5.97 Å². The lowest BCUT2D eigenvalue weighted by Gasteiger charge is -2.18. The Balaban J connectivity index is 1.55. The number of carbonyl (C=O) groups excluding carboxylic acids is 2. The largest absolute Gasteiger partial charge is 0.423 e. The summed E-state index contributed by atoms with van der Waals surface area (Å²) in [4.78, 5) is 24.4. The highest BCUT2D eigenvalue weighted by Gasteiger charge is 2.14. The van der Waals surface area contributed by atoms with Crippen LogP contribution in [0.3, 0.4) is 0 Å². The predicted molar refractivity (Wildman–Crippen MR) is 126 cm³/mol. The van der Waals surface area contributed by atoms with Gasteiger partial charge in [-0.2, -0.15) is 5.10 Å². The highest BCUT2D eigenvalue weighted by atomic mass is 79.9. The normalized spacial score (nSPS) is 11.4. The summed E-state index contributed by atoms with van der Waals surface area (Å²) in [5.41, 5.74) is 5.47. The molecule has 3 aromatic rings. The van der Waals surface area contributed by atoms with E-state index >= 15 is 0 Å². The highest BCUT2D eigenvalue weighted by Crippen LogP contribution is 2.22. The quantitative estimate of drug-likeness (QED) is 0.220. The Bertz CT molecular complexity index is 1100. The molecule has 0 heterocycles. The van der Waals surface area contributed by atoms with Crippen molar-refractivity contribution in [2.45, 2.75) is 26.2 Å². The standard InChI is InChI=1S/C25H23BrN2O3/c1-25(2,3)20-11-9-18(10-12-20)23(29)28-27-16-17-7-13-22(14-8-17)31-24(30)19-5-4-6-21(26)15-19/h4-16H,1-3H3,(H,28,29)/b27-16-. The van der Waals surface area contributed by atoms with Crippen molar-refractivity contribution in [2.24, 2.45) is 5.10 Å². The molecule has 31 heavy (non-hydrogen) atoms. The molecule has 0 bridgehead atoms. The van der Waals surface area contributed by atoms with Gasteiger partial charge in [-0.15, -0.1) is 0 Å². The van der Waals surface area contributed by atoms with Crippen molar-refractivity contribution in [3.8, 4) is 5.75 Å². The molecule has 0 atom stereocenters. The summed E-state index contributed by atoms with van der Waals surface area (Å²) in [6.07, 6.45) is 1.53. The monoisotopic (exact) mass is 478 g/mol. The lowest BCUT2D eigenvalue weighted by molar-refractivity contribution is 0.0734. The van der Waals surface area contributed by atoms with E-state index in [0.29, 0.717) is 16.9 Å². The van der Waals surface area contributed by atoms with E-state index < -0.39 is 5.97 Å². The zero-order chi connectivity index (χ0) is 22.4. The fourth-order valence-corrected chi connectivity index (χ4v) is 3.15. The molecule has 0 aliphatic carbocycles. The van der Waals surface area contributed by atoms with E-state index in [9.17, 15) is 9.59 Å². The number of hydrogen-bond acceptors (Lipinski definition) is 4. The van der Waals surface area contributed by atoms with Gasteiger partial charge in [0.1, 0.15) is 5.75 Å². The second-order valence-corrected chi connectivity index (χ2v) is 8.91. The van der Waals surface area contributed by atoms with Gasteiger partial charge in [-0.05, 0) is 71.1 Å². The van der Waals surface area contributed by atoms with E-state index in [1.165, 1.54) is 6.21 Å². The molecule has 0 aliphatic heterocycles. The van der Waals surface area contributed by atoms with Crippen molar-refractivity contribution in [1.29, 1.82) is 0 Å². The average Bonchev–Trinajstić information content (AvgIpc) is 2.74. The number of nitrogens with one attached hydrogen (secondary N) is 1. The van der Waals surface area contributed by atoms with Gasteiger partial charge in [-0.1, -0.05) is 54.9 Å². The second kappa shape index (κ2) is 9.71. The number of nitrogens with zero attached hydrogens (tertiary/aromatic N) is 1. The summed E-state index contributed by atoms with van der Waals surface area (Å²) in [5, 5.41) is 4.00. The van der Waals surface area contributed by atoms with Gasteiger partial charge in [0.05, 0.1) is 11.8 Å². The van der Waals surface area contributed by atoms with Gasteiger partial charge in [-0.3, -0.25) is 4.79 Å². The molecule has 3 rings (SSSR count). The van der Waals surface area contributed by atoms with E-state index in [0.717, 1.165) is 15.6 Å². The Kier molecular flexibility index (Phi) is 7.02. The van der Waals surface area contributed by atoms with Gasteiger partial charge in [0.2, 0.25) is 0 Å². The Morgan fingerprint density at radius 1 is 0.935 bits per heavy atom. The number of rotatable bonds is 5. The number of amides is 1. The number of halogens is 1. The van der Waals surface area contributed by atoms with E-state index in [2.05, 4.69) is 47.2 Å². The molecule has 0 radical (unpaired) electrons. The number of hydrazone groups is 1. The van der Waals surface area contributed by atoms with E-state index in [4.69, 9.17) is 4.74 Å². The van der Waals surface area contributed by atoms with Crippen LogP contribution in [0.4, 0.5) is 0 Å². The van der Waals surface area contributed by atoms with Crippen LogP contribution in [-0.2, 0) is 5.41 Å². The van der Waals surface area contributed by atoms with Crippen molar-refractivity contribution in [1.82, 2.24) is 5.43 Å². The maximum absolute atomic E-state index is 12.2. The molecular formula is C25H23BrN2O3. The minimum absolute atomic E-state index is 0.0333. The lowest BCUT2D eigenvalue weighted by Crippen LogP contribution is -2.18. The van der Waals surface area contributed by atoms with Gasteiger partial charge < -0.3 is 4.74 Å². The van der Waals surface area contributed by atoms with Gasteiger partial charge in [0.25, 0.3) is 5.91 Å². The van der Waals surface area contributed by atoms with E-state index in [1.807, 2.05) is 18.2 Å². The number of esters is 1. The summed E-state index contributed by atoms with van der Waals surface area (Å²) in [5.74, 6) is -0.297. The molecule has 0 aromatic heterocycles. The van der Waals surface area contributed by atoms with Crippen LogP contribution in [0.1, 0.15) is 52.6 Å². The van der Waals surface area contributed by atoms with Crippen molar-refractivity contribution in [2.75, 3.05) is 0 Å². The molecule has 5 nitrogen and oxygen atoms in total. The van der Waals surface area contributed by atoms with Crippen LogP contribution in [0.2, 0.25) is 0 Å². The Labute approximate surface area is 190 Å². The molecular weight excluding hydrogens is 456 g/mol. The summed E-state index contributed by atoms with van der Waals surface area (Å²) in [6.45, 7) is 6.37. The van der Waals surface area contributed by atoms with Crippen LogP contribution >= 0.6 is 15.9 Å². The molecule has 1 N–H and O–H groups in total. The molecule has 0 aliphatic rings. The van der Waals surface area contributed by atoms with Gasteiger partial charge in [0.15, 0.2) is 0 Å². The van der Waals surface area contributed by atoms with Gasteiger partial charge in [0, 0.05) is 10.0 Å². The average molecular weight is 479 g/mol. The minimum Gasteiger partial charge on any atom is -0.423 e. The van der Waals surface area contributed by atoms with Crippen LogP contribution < -0.4 is 10.2 Å². The number of hydrogen-bond donors (Lipinski definition) is 1. The molecule has 6 heteroatoms. The zero-order valence-electron chi connectivity index (χ0n) is 17.6. The van der Waals surface area contributed by atoms with Crippen LogP contribution in [0.25, 0.3) is 0 Å². The second-order valence-electron chi connectivity index (χ2n) is 8.00. The van der Waals surface area contributed by atoms with Crippen molar-refractivity contribution >= 4 is 34.0 Å². The first-order valence-electron chi connectivity index (χ1n) is 9.74. The van der Waals surface area contributed by atoms with E-state index in [1.54, 1.807) is 54.6 Å². The summed E-state index contributed by atoms with van der Waals surface area (Å²) in [7, 11) is 0. The van der Waals surface area contributed by atoms with Crippen LogP contribution in [0, 0.1) is 0 Å². The zero-order valence-corrected chi connectivity index (χ0v) is 19.1. The fourth-order valence-electron chi connectivity index (χ4n) is 2.75. The molecule has 0 spiro atoms. The Morgan fingerprint density at radius 3 is 2.23 bits per heavy atom. The first-order chi connectivity index (χ1) is 14.7. The molecule has 0 saturated heterocycles. The van der Waals surface area contributed by atoms with Crippen LogP contribution in [-0.4, -0.2) is 18.1 Å². The Morgan fingerprint density at radius 2 is 1.61 bits per heavy atom. The summed E-state index contributed by atoms with van der Waals surface area (Å²) < 4.78 is 6.18. The highest BCUT2D eigenvalue weighted by molar-refractivity contribution is 9.10. The smallest absolute Gasteiger partial charge is 0.343 e. The molecule has 158 valence electrons. The summed E-state index contributed by atoms with van der Waals surface area (Å²) in [6, 6.07) is 21.3. The number of carbonyl (C=O) groups is 2. The SMILES string of the molecule is CC(C)(C)c1ccc(C(=O)N/N=C\c2ccc(OC(=O)c3cccc(Br)c3)cc2)cc1. The maximum atomic E-state index is 12.2. The van der Waals surface area contributed by atoms with Gasteiger partial charge in [-0.25, -0.2) is 10.2 Å². The first-order valence-corrected chi connectivity index (χ1v) is 10.5. The fraction of sp³-hybridized carbons (Fsp3) is 0.160. The molecule has 0 unspecified atom stereocenters. The molecule has 0 saturated carbocycles. The molecule has 0 fully saturated rings. The Hall–Kier alpha value is -3.25. The third-order valence-electron chi connectivity index (χ3n) is 4.54. The number of ether oxygens (including phenoxy) is 1. The summed E-state index contributed by atoms with van der Waals surface area (Å²) >= 11 is 3.33. The van der Waals surface area contributed by atoms with E-state index in [-0.39, 0.29) is 11.3 Å². The van der Waals surface area contributed by atoms with Crippen LogP contribution in [0.5, 0.6) is 5.75 Å². The van der Waals surface area contributed by atoms with Crippen molar-refractivity contribution < 1.29 is 14.3 Å². The maximum Gasteiger partial charge on any atom is 0.343 e. The number of benzene rings is 3. The minimum atomic E-state index is -0.438. The van der Waals surface area contributed by atoms with Crippen molar-refractivity contribution in [3.05, 3.63) is 99.5 Å². The van der Waals surface area contributed by atoms with Crippen LogP contribution in [0.15, 0.2) is 82.4 Å². The van der Waals surface area contributed by atoms with Crippen molar-refractivity contribution in [3.63, 3.8) is 0 Å². The third kappa shape index (κ3) is 6.36. The topological polar surface area (TPSA) is 67.8 Å². The first kappa shape index (κ1) is 22.4. The lowest BCUT2D eigenvalue weighted by atomic mass is 9.87.